The lowest BCUT2D eigenvalue weighted by molar-refractivity contribution is 0.0747. The lowest BCUT2D eigenvalue weighted by atomic mass is 9.86. The Balaban J connectivity index is 1.43. The van der Waals surface area contributed by atoms with Crippen LogP contribution in [0, 0.1) is 5.92 Å². The average molecular weight is 442 g/mol. The monoisotopic (exact) mass is 441 g/mol. The molecule has 0 radical (unpaired) electrons. The van der Waals surface area contributed by atoms with Crippen LogP contribution in [-0.2, 0) is 9.84 Å². The first kappa shape index (κ1) is 22.0. The molecule has 2 aliphatic rings. The Morgan fingerprint density at radius 2 is 1.55 bits per heavy atom. The molecule has 0 spiro atoms. The summed E-state index contributed by atoms with van der Waals surface area (Å²) in [5.41, 5.74) is 0.593. The van der Waals surface area contributed by atoms with Crippen LogP contribution in [0.15, 0.2) is 58.3 Å². The standard InChI is InChI=1S/C25H31NO4S/c1-30-23-9-5-6-10-24(23)31(28,29)22-13-11-19(12-14-22)25(27)20-15-17-26(18-16-20)21-7-3-2-4-8-21/h5-6,9-14,20-21H,2-4,7-8,15-18H2,1H3. The normalized spacial score (nSPS) is 19.3. The van der Waals surface area contributed by atoms with Gasteiger partial charge in [0, 0.05) is 17.5 Å². The molecule has 1 saturated carbocycles. The topological polar surface area (TPSA) is 63.7 Å². The van der Waals surface area contributed by atoms with E-state index in [4.69, 9.17) is 4.74 Å². The van der Waals surface area contributed by atoms with Crippen LogP contribution in [0.5, 0.6) is 5.75 Å². The number of methoxy groups -OCH3 is 1. The highest BCUT2D eigenvalue weighted by Gasteiger charge is 2.30. The molecule has 0 bridgehead atoms. The van der Waals surface area contributed by atoms with Crippen LogP contribution in [0.3, 0.4) is 0 Å². The summed E-state index contributed by atoms with van der Waals surface area (Å²) in [4.78, 5) is 15.9. The molecular weight excluding hydrogens is 410 g/mol. The van der Waals surface area contributed by atoms with E-state index in [1.165, 1.54) is 57.4 Å². The van der Waals surface area contributed by atoms with Gasteiger partial charge in [0.15, 0.2) is 5.78 Å². The number of piperidine rings is 1. The number of hydrogen-bond donors (Lipinski definition) is 0. The van der Waals surface area contributed by atoms with Crippen molar-refractivity contribution in [3.05, 3.63) is 54.1 Å². The number of ketones is 1. The summed E-state index contributed by atoms with van der Waals surface area (Å²) in [6.45, 7) is 1.97. The molecule has 1 aliphatic heterocycles. The van der Waals surface area contributed by atoms with Crippen molar-refractivity contribution in [2.45, 2.75) is 60.8 Å². The maximum atomic E-state index is 13.0. The minimum atomic E-state index is -3.71. The third-order valence-electron chi connectivity index (χ3n) is 6.80. The predicted octanol–water partition coefficient (Wildman–Crippen LogP) is 4.76. The fourth-order valence-corrected chi connectivity index (χ4v) is 6.40. The van der Waals surface area contributed by atoms with Gasteiger partial charge in [0.25, 0.3) is 0 Å². The summed E-state index contributed by atoms with van der Waals surface area (Å²) >= 11 is 0. The van der Waals surface area contributed by atoms with E-state index < -0.39 is 9.84 Å². The van der Waals surface area contributed by atoms with Gasteiger partial charge in [0.05, 0.1) is 12.0 Å². The summed E-state index contributed by atoms with van der Waals surface area (Å²) in [5.74, 6) is 0.466. The first-order valence-electron chi connectivity index (χ1n) is 11.3. The van der Waals surface area contributed by atoms with Crippen molar-refractivity contribution in [2.24, 2.45) is 5.92 Å². The maximum Gasteiger partial charge on any atom is 0.210 e. The van der Waals surface area contributed by atoms with Gasteiger partial charge in [-0.15, -0.1) is 0 Å². The van der Waals surface area contributed by atoms with Crippen LogP contribution in [0.4, 0.5) is 0 Å². The van der Waals surface area contributed by atoms with E-state index in [0.717, 1.165) is 25.9 Å². The maximum absolute atomic E-state index is 13.0. The number of Topliss-reactive ketones (excluding diaryl/α,β-unsaturated/α-hetero) is 1. The van der Waals surface area contributed by atoms with E-state index in [9.17, 15) is 13.2 Å². The number of para-hydroxylation sites is 1. The van der Waals surface area contributed by atoms with Crippen LogP contribution < -0.4 is 4.74 Å². The van der Waals surface area contributed by atoms with Crippen molar-refractivity contribution in [2.75, 3.05) is 20.2 Å². The second-order valence-corrected chi connectivity index (χ2v) is 10.6. The predicted molar refractivity (Wildman–Crippen MR) is 120 cm³/mol. The van der Waals surface area contributed by atoms with E-state index in [2.05, 4.69) is 4.90 Å². The molecule has 1 aliphatic carbocycles. The molecule has 0 atom stereocenters. The number of nitrogens with zero attached hydrogens (tertiary/aromatic N) is 1. The Morgan fingerprint density at radius 1 is 0.903 bits per heavy atom. The van der Waals surface area contributed by atoms with Crippen LogP contribution >= 0.6 is 0 Å². The number of rotatable bonds is 6. The van der Waals surface area contributed by atoms with E-state index in [0.29, 0.717) is 17.4 Å². The van der Waals surface area contributed by atoms with Crippen molar-refractivity contribution in [1.82, 2.24) is 4.90 Å². The summed E-state index contributed by atoms with van der Waals surface area (Å²) in [6.07, 6.45) is 8.37. The minimum Gasteiger partial charge on any atom is -0.495 e. The Bertz CT molecular complexity index is 1000. The van der Waals surface area contributed by atoms with Gasteiger partial charge in [-0.2, -0.15) is 0 Å². The molecule has 2 aromatic rings. The second-order valence-electron chi connectivity index (χ2n) is 8.65. The first-order valence-corrected chi connectivity index (χ1v) is 12.8. The quantitative estimate of drug-likeness (QED) is 0.605. The molecule has 31 heavy (non-hydrogen) atoms. The van der Waals surface area contributed by atoms with Crippen molar-refractivity contribution < 1.29 is 17.9 Å². The number of hydrogen-bond acceptors (Lipinski definition) is 5. The molecule has 0 unspecified atom stereocenters. The third kappa shape index (κ3) is 4.70. The fraction of sp³-hybridized carbons (Fsp3) is 0.480. The molecule has 1 heterocycles. The molecule has 2 aromatic carbocycles. The summed E-state index contributed by atoms with van der Waals surface area (Å²) < 4.78 is 31.2. The smallest absolute Gasteiger partial charge is 0.210 e. The Morgan fingerprint density at radius 3 is 2.19 bits per heavy atom. The summed E-state index contributed by atoms with van der Waals surface area (Å²) in [5, 5.41) is 0. The third-order valence-corrected chi connectivity index (χ3v) is 8.61. The Hall–Kier alpha value is -2.18. The zero-order valence-electron chi connectivity index (χ0n) is 18.1. The van der Waals surface area contributed by atoms with Crippen molar-refractivity contribution in [3.8, 4) is 5.75 Å². The molecule has 2 fully saturated rings. The Kier molecular flexibility index (Phi) is 6.77. The first-order chi connectivity index (χ1) is 15.0. The van der Waals surface area contributed by atoms with Gasteiger partial charge < -0.3 is 9.64 Å². The average Bonchev–Trinajstić information content (AvgIpc) is 2.84. The molecule has 166 valence electrons. The zero-order valence-corrected chi connectivity index (χ0v) is 18.9. The second kappa shape index (κ2) is 9.53. The highest BCUT2D eigenvalue weighted by molar-refractivity contribution is 7.91. The molecule has 6 heteroatoms. The zero-order chi connectivity index (χ0) is 21.8. The molecule has 0 aromatic heterocycles. The number of carbonyl (C=O) groups excluding carboxylic acids is 1. The number of likely N-dealkylation sites (tertiary alicyclic amines) is 1. The van der Waals surface area contributed by atoms with Crippen LogP contribution in [-0.4, -0.2) is 45.3 Å². The fourth-order valence-electron chi connectivity index (χ4n) is 4.97. The minimum absolute atomic E-state index is 0.0246. The lowest BCUT2D eigenvalue weighted by Crippen LogP contribution is -2.43. The van der Waals surface area contributed by atoms with E-state index >= 15 is 0 Å². The van der Waals surface area contributed by atoms with Gasteiger partial charge in [-0.1, -0.05) is 43.5 Å². The number of ether oxygens (including phenoxy) is 1. The molecular formula is C25H31NO4S. The summed E-state index contributed by atoms with van der Waals surface area (Å²) in [6, 6.07) is 13.6. The SMILES string of the molecule is COc1ccccc1S(=O)(=O)c1ccc(C(=O)C2CCN(C3CCCCC3)CC2)cc1. The van der Waals surface area contributed by atoms with Gasteiger partial charge >= 0.3 is 0 Å². The van der Waals surface area contributed by atoms with Gasteiger partial charge in [-0.25, -0.2) is 8.42 Å². The molecule has 4 rings (SSSR count). The van der Waals surface area contributed by atoms with Crippen molar-refractivity contribution >= 4 is 15.6 Å². The Labute approximate surface area is 185 Å². The molecule has 5 nitrogen and oxygen atoms in total. The van der Waals surface area contributed by atoms with E-state index in [1.807, 2.05) is 0 Å². The van der Waals surface area contributed by atoms with Crippen LogP contribution in [0.2, 0.25) is 0 Å². The van der Waals surface area contributed by atoms with Crippen LogP contribution in [0.25, 0.3) is 0 Å². The van der Waals surface area contributed by atoms with E-state index in [1.54, 1.807) is 30.3 Å². The van der Waals surface area contributed by atoms with Gasteiger partial charge in [0.1, 0.15) is 10.6 Å². The number of carbonyl (C=O) groups is 1. The van der Waals surface area contributed by atoms with Gasteiger partial charge in [-0.05, 0) is 63.0 Å². The summed E-state index contributed by atoms with van der Waals surface area (Å²) in [7, 11) is -2.26. The largest absolute Gasteiger partial charge is 0.495 e. The highest BCUT2D eigenvalue weighted by Crippen LogP contribution is 2.31. The molecule has 0 amide bonds. The lowest BCUT2D eigenvalue weighted by Gasteiger charge is -2.39. The number of sulfone groups is 1. The molecule has 0 N–H and O–H groups in total. The van der Waals surface area contributed by atoms with Gasteiger partial charge in [0.2, 0.25) is 9.84 Å². The van der Waals surface area contributed by atoms with Crippen molar-refractivity contribution in [3.63, 3.8) is 0 Å². The highest BCUT2D eigenvalue weighted by atomic mass is 32.2. The molecule has 1 saturated heterocycles. The number of benzene rings is 2. The van der Waals surface area contributed by atoms with Gasteiger partial charge in [-0.3, -0.25) is 4.79 Å². The van der Waals surface area contributed by atoms with Crippen molar-refractivity contribution in [1.29, 1.82) is 0 Å². The van der Waals surface area contributed by atoms with E-state index in [-0.39, 0.29) is 21.5 Å². The van der Waals surface area contributed by atoms with Crippen LogP contribution in [0.1, 0.15) is 55.3 Å².